The molecule has 1 fully saturated rings. The van der Waals surface area contributed by atoms with Crippen LogP contribution in [-0.2, 0) is 9.59 Å². The van der Waals surface area contributed by atoms with Gasteiger partial charge in [0.25, 0.3) is 0 Å². The summed E-state index contributed by atoms with van der Waals surface area (Å²) in [6.45, 7) is 0. The number of thiophene rings is 2. The number of carbonyl (C=O) groups is 2. The van der Waals surface area contributed by atoms with E-state index in [1.807, 2.05) is 12.1 Å². The van der Waals surface area contributed by atoms with Crippen LogP contribution >= 0.6 is 54.5 Å². The van der Waals surface area contributed by atoms with Gasteiger partial charge in [-0.15, -0.1) is 22.7 Å². The van der Waals surface area contributed by atoms with E-state index in [4.69, 9.17) is 0 Å². The highest BCUT2D eigenvalue weighted by molar-refractivity contribution is 9.11. The molecule has 1 N–H and O–H groups in total. The molecule has 2 aromatic heterocycles. The highest BCUT2D eigenvalue weighted by atomic mass is 79.9. The second-order valence-corrected chi connectivity index (χ2v) is 12.3. The van der Waals surface area contributed by atoms with E-state index in [-0.39, 0.29) is 11.8 Å². The van der Waals surface area contributed by atoms with Crippen LogP contribution in [0.4, 0.5) is 0 Å². The van der Waals surface area contributed by atoms with Crippen LogP contribution in [0, 0.1) is 0 Å². The molecule has 158 valence electrons. The lowest BCUT2D eigenvalue weighted by atomic mass is 9.72. The highest BCUT2D eigenvalue weighted by Crippen LogP contribution is 2.60. The van der Waals surface area contributed by atoms with Gasteiger partial charge in [0.2, 0.25) is 11.8 Å². The zero-order valence-corrected chi connectivity index (χ0v) is 21.5. The first-order valence-electron chi connectivity index (χ1n) is 10.5. The number of hydrogen-bond acceptors (Lipinski definition) is 4. The molecule has 2 unspecified atom stereocenters. The molecule has 1 saturated heterocycles. The summed E-state index contributed by atoms with van der Waals surface area (Å²) in [5, 5.41) is 9.48. The van der Waals surface area contributed by atoms with Crippen molar-refractivity contribution < 1.29 is 9.59 Å². The maximum absolute atomic E-state index is 13.0. The van der Waals surface area contributed by atoms with Gasteiger partial charge in [-0.25, -0.2) is 0 Å². The van der Waals surface area contributed by atoms with Crippen LogP contribution in [0.1, 0.15) is 23.0 Å². The summed E-state index contributed by atoms with van der Waals surface area (Å²) in [7, 11) is 0. The Morgan fingerprint density at radius 1 is 0.606 bits per heavy atom. The van der Waals surface area contributed by atoms with E-state index in [0.717, 1.165) is 40.9 Å². The van der Waals surface area contributed by atoms with Crippen molar-refractivity contribution in [3.05, 3.63) is 68.6 Å². The van der Waals surface area contributed by atoms with Crippen molar-refractivity contribution in [2.45, 2.75) is 11.8 Å². The van der Waals surface area contributed by atoms with E-state index >= 15 is 0 Å². The number of carbonyl (C=O) groups excluding carboxylic acids is 2. The largest absolute Gasteiger partial charge is 0.295 e. The number of nitrogens with one attached hydrogen (secondary N) is 1. The first-order chi connectivity index (χ1) is 16.1. The summed E-state index contributed by atoms with van der Waals surface area (Å²) in [5.74, 6) is -1.21. The van der Waals surface area contributed by atoms with Crippen molar-refractivity contribution in [3.63, 3.8) is 0 Å². The average Bonchev–Trinajstić information content (AvgIpc) is 3.48. The molecule has 1 aliphatic heterocycles. The van der Waals surface area contributed by atoms with E-state index in [2.05, 4.69) is 73.6 Å². The van der Waals surface area contributed by atoms with Crippen LogP contribution < -0.4 is 5.32 Å². The Kier molecular flexibility index (Phi) is 3.58. The molecular weight excluding hydrogens is 582 g/mol. The van der Waals surface area contributed by atoms with Gasteiger partial charge < -0.3 is 0 Å². The fourth-order valence-electron chi connectivity index (χ4n) is 5.86. The van der Waals surface area contributed by atoms with Gasteiger partial charge >= 0.3 is 0 Å². The molecule has 4 aromatic carbocycles. The zero-order chi connectivity index (χ0) is 22.2. The van der Waals surface area contributed by atoms with Crippen LogP contribution in [0.5, 0.6) is 0 Å². The second kappa shape index (κ2) is 6.21. The highest BCUT2D eigenvalue weighted by Gasteiger charge is 2.50. The van der Waals surface area contributed by atoms with Crippen LogP contribution in [0.15, 0.2) is 57.5 Å². The molecule has 0 spiro atoms. The Morgan fingerprint density at radius 3 is 1.82 bits per heavy atom. The van der Waals surface area contributed by atoms with Gasteiger partial charge in [-0.05, 0) is 64.5 Å². The smallest absolute Gasteiger partial charge is 0.235 e. The number of amides is 2. The molecule has 33 heavy (non-hydrogen) atoms. The maximum Gasteiger partial charge on any atom is 0.235 e. The molecule has 3 nitrogen and oxygen atoms in total. The van der Waals surface area contributed by atoms with E-state index < -0.39 is 11.8 Å². The second-order valence-electron chi connectivity index (χ2n) is 8.63. The lowest BCUT2D eigenvalue weighted by Gasteiger charge is -2.28. The minimum Gasteiger partial charge on any atom is -0.295 e. The third-order valence-corrected chi connectivity index (χ3v) is 11.6. The number of fused-ring (bicyclic) bond motifs is 4. The Bertz CT molecular complexity index is 1930. The minimum absolute atomic E-state index is 0.172. The molecule has 2 atom stereocenters. The van der Waals surface area contributed by atoms with Crippen LogP contribution in [0.3, 0.4) is 0 Å². The molecule has 2 bridgehead atoms. The molecule has 9 rings (SSSR count). The number of rotatable bonds is 0. The number of benzene rings is 4. The van der Waals surface area contributed by atoms with Crippen molar-refractivity contribution in [1.29, 1.82) is 0 Å². The number of imide groups is 1. The topological polar surface area (TPSA) is 46.2 Å². The van der Waals surface area contributed by atoms with Gasteiger partial charge in [-0.1, -0.05) is 48.5 Å². The molecule has 6 aromatic rings. The summed E-state index contributed by atoms with van der Waals surface area (Å²) in [4.78, 5) is 25.8. The normalized spacial score (nSPS) is 19.6. The van der Waals surface area contributed by atoms with Gasteiger partial charge in [0.05, 0.1) is 25.9 Å². The third kappa shape index (κ3) is 2.12. The molecule has 2 amide bonds. The summed E-state index contributed by atoms with van der Waals surface area (Å²) in [5.41, 5.74) is 2.03. The maximum atomic E-state index is 13.0. The monoisotopic (exact) mass is 591 g/mol. The third-order valence-electron chi connectivity index (χ3n) is 7.13. The van der Waals surface area contributed by atoms with E-state index in [0.29, 0.717) is 0 Å². The van der Waals surface area contributed by atoms with Crippen molar-refractivity contribution in [2.75, 3.05) is 0 Å². The van der Waals surface area contributed by atoms with Crippen molar-refractivity contribution in [3.8, 4) is 0 Å². The Hall–Kier alpha value is -2.32. The summed E-state index contributed by atoms with van der Waals surface area (Å²) >= 11 is 11.3. The number of halogens is 2. The van der Waals surface area contributed by atoms with Crippen LogP contribution in [-0.4, -0.2) is 11.8 Å². The lowest BCUT2D eigenvalue weighted by Crippen LogP contribution is -2.21. The fraction of sp³-hybridized carbons (Fsp3) is 0.0769. The molecule has 7 heteroatoms. The quantitative estimate of drug-likeness (QED) is 0.182. The Balaban J connectivity index is 1.65. The van der Waals surface area contributed by atoms with E-state index in [9.17, 15) is 9.59 Å². The Morgan fingerprint density at radius 2 is 1.12 bits per heavy atom. The summed E-state index contributed by atoms with van der Waals surface area (Å²) in [6.07, 6.45) is 0. The van der Waals surface area contributed by atoms with Crippen LogP contribution in [0.25, 0.3) is 51.1 Å². The van der Waals surface area contributed by atoms with Gasteiger partial charge in [0.15, 0.2) is 0 Å². The predicted molar refractivity (Wildman–Crippen MR) is 144 cm³/mol. The van der Waals surface area contributed by atoms with E-state index in [1.54, 1.807) is 22.7 Å². The van der Waals surface area contributed by atoms with Crippen molar-refractivity contribution in [2.24, 2.45) is 0 Å². The molecule has 2 aliphatic carbocycles. The molecule has 3 heterocycles. The average molecular weight is 593 g/mol. The molecule has 0 saturated carbocycles. The first-order valence-corrected chi connectivity index (χ1v) is 13.7. The zero-order valence-electron chi connectivity index (χ0n) is 16.7. The van der Waals surface area contributed by atoms with Crippen LogP contribution in [0.2, 0.25) is 0 Å². The van der Waals surface area contributed by atoms with E-state index in [1.165, 1.54) is 30.3 Å². The SMILES string of the molecule is O=C1NC(=O)C2c3c4ccccc4c(c4sc5c(sc6c(Br)c7ccccc7c(Br)c65)c34)C12. The molecular formula is C26H11Br2NO2S2. The first kappa shape index (κ1) is 19.0. The lowest BCUT2D eigenvalue weighted by molar-refractivity contribution is -0.125. The number of hydrogen-bond donors (Lipinski definition) is 1. The van der Waals surface area contributed by atoms with Gasteiger partial charge in [0.1, 0.15) is 0 Å². The summed E-state index contributed by atoms with van der Waals surface area (Å²) in [6, 6.07) is 16.6. The molecule has 0 radical (unpaired) electrons. The van der Waals surface area contributed by atoms with Gasteiger partial charge in [-0.3, -0.25) is 14.9 Å². The van der Waals surface area contributed by atoms with Crippen molar-refractivity contribution in [1.82, 2.24) is 5.32 Å². The fourth-order valence-corrected chi connectivity index (χ4v) is 10.6. The van der Waals surface area contributed by atoms with Gasteiger partial charge in [-0.2, -0.15) is 0 Å². The van der Waals surface area contributed by atoms with Gasteiger partial charge in [0, 0.05) is 24.4 Å². The van der Waals surface area contributed by atoms with Crippen molar-refractivity contribution >= 4 is 117 Å². The Labute approximate surface area is 211 Å². The predicted octanol–water partition coefficient (Wildman–Crippen LogP) is 7.94. The standard InChI is InChI=1S/C26H11Br2NO2S2/c27-19-11-7-3-4-8-12(11)20(28)22-18(19)24-23(33-22)17-13-9-5-1-2-6-10(9)14(21(17)32-24)16-15(13)25(30)29-26(16)31/h1-8,15-16H,(H,29,30,31). The summed E-state index contributed by atoms with van der Waals surface area (Å²) < 4.78 is 6.96. The molecule has 3 aliphatic rings. The minimum atomic E-state index is -0.441.